The van der Waals surface area contributed by atoms with E-state index in [-0.39, 0.29) is 5.91 Å². The second-order valence-electron chi connectivity index (χ2n) is 4.74. The quantitative estimate of drug-likeness (QED) is 0.827. The lowest BCUT2D eigenvalue weighted by Crippen LogP contribution is -2.16. The van der Waals surface area contributed by atoms with Gasteiger partial charge in [0.25, 0.3) is 0 Å². The van der Waals surface area contributed by atoms with Gasteiger partial charge in [-0.25, -0.2) is 0 Å². The first-order valence-corrected chi connectivity index (χ1v) is 6.27. The zero-order valence-corrected chi connectivity index (χ0v) is 11.2. The van der Waals surface area contributed by atoms with Crippen LogP contribution in [0.1, 0.15) is 16.7 Å². The Morgan fingerprint density at radius 2 is 1.89 bits per heavy atom. The summed E-state index contributed by atoms with van der Waals surface area (Å²) in [6.45, 7) is 3.97. The van der Waals surface area contributed by atoms with Gasteiger partial charge in [0.1, 0.15) is 0 Å². The van der Waals surface area contributed by atoms with Gasteiger partial charge in [-0.05, 0) is 42.7 Å². The highest BCUT2D eigenvalue weighted by molar-refractivity contribution is 5.95. The van der Waals surface area contributed by atoms with E-state index < -0.39 is 0 Å². The van der Waals surface area contributed by atoms with E-state index in [1.807, 2.05) is 56.3 Å². The summed E-state index contributed by atoms with van der Waals surface area (Å²) in [4.78, 5) is 12.0. The highest BCUT2D eigenvalue weighted by atomic mass is 16.1. The smallest absolute Gasteiger partial charge is 0.228 e. The maximum atomic E-state index is 12.0. The van der Waals surface area contributed by atoms with Gasteiger partial charge in [0.2, 0.25) is 5.91 Å². The summed E-state index contributed by atoms with van der Waals surface area (Å²) in [5, 5.41) is 2.85. The number of carbonyl (C=O) groups is 1. The van der Waals surface area contributed by atoms with Gasteiger partial charge >= 0.3 is 0 Å². The lowest BCUT2D eigenvalue weighted by molar-refractivity contribution is -0.115. The molecule has 0 aliphatic rings. The summed E-state index contributed by atoms with van der Waals surface area (Å²) in [5.74, 6) is -0.0511. The third-order valence-corrected chi connectivity index (χ3v) is 3.09. The zero-order chi connectivity index (χ0) is 13.8. The second kappa shape index (κ2) is 5.57. The SMILES string of the molecule is Cc1ccc(NC(=O)Cc2ccccc2C)c(N)c1. The van der Waals surface area contributed by atoms with E-state index >= 15 is 0 Å². The van der Waals surface area contributed by atoms with Crippen molar-refractivity contribution in [1.29, 1.82) is 0 Å². The topological polar surface area (TPSA) is 55.1 Å². The molecule has 0 radical (unpaired) electrons. The van der Waals surface area contributed by atoms with Gasteiger partial charge in [-0.15, -0.1) is 0 Å². The predicted octanol–water partition coefficient (Wildman–Crippen LogP) is 3.07. The van der Waals surface area contributed by atoms with Gasteiger partial charge < -0.3 is 11.1 Å². The first-order chi connectivity index (χ1) is 9.06. The molecule has 0 atom stereocenters. The average molecular weight is 254 g/mol. The average Bonchev–Trinajstić information content (AvgIpc) is 2.36. The van der Waals surface area contributed by atoms with E-state index in [0.29, 0.717) is 17.8 Å². The fourth-order valence-corrected chi connectivity index (χ4v) is 1.97. The van der Waals surface area contributed by atoms with Gasteiger partial charge in [-0.3, -0.25) is 4.79 Å². The molecule has 2 rings (SSSR count). The van der Waals surface area contributed by atoms with E-state index in [4.69, 9.17) is 5.73 Å². The standard InChI is InChI=1S/C16H18N2O/c1-11-7-8-15(14(17)9-11)18-16(19)10-13-6-4-3-5-12(13)2/h3-9H,10,17H2,1-2H3,(H,18,19). The Morgan fingerprint density at radius 3 is 2.58 bits per heavy atom. The number of nitrogens with two attached hydrogens (primary N) is 1. The number of carbonyl (C=O) groups excluding carboxylic acids is 1. The molecule has 2 aromatic rings. The maximum Gasteiger partial charge on any atom is 0.228 e. The Labute approximate surface area is 113 Å². The minimum absolute atomic E-state index is 0.0511. The first kappa shape index (κ1) is 13.1. The van der Waals surface area contributed by atoms with Crippen LogP contribution in [0.15, 0.2) is 42.5 Å². The third kappa shape index (κ3) is 3.35. The van der Waals surface area contributed by atoms with Gasteiger partial charge in [0.05, 0.1) is 17.8 Å². The fraction of sp³-hybridized carbons (Fsp3) is 0.188. The lowest BCUT2D eigenvalue weighted by Gasteiger charge is -2.10. The van der Waals surface area contributed by atoms with Crippen molar-refractivity contribution < 1.29 is 4.79 Å². The van der Waals surface area contributed by atoms with Crippen LogP contribution in [0.5, 0.6) is 0 Å². The molecule has 19 heavy (non-hydrogen) atoms. The van der Waals surface area contributed by atoms with Crippen molar-refractivity contribution in [3.05, 3.63) is 59.2 Å². The number of hydrogen-bond donors (Lipinski definition) is 2. The Hall–Kier alpha value is -2.29. The van der Waals surface area contributed by atoms with Crippen LogP contribution in [0.3, 0.4) is 0 Å². The molecular formula is C16H18N2O. The number of nitrogen functional groups attached to an aromatic ring is 1. The normalized spacial score (nSPS) is 10.2. The minimum Gasteiger partial charge on any atom is -0.397 e. The largest absolute Gasteiger partial charge is 0.397 e. The van der Waals surface area contributed by atoms with Crippen LogP contribution in [-0.4, -0.2) is 5.91 Å². The first-order valence-electron chi connectivity index (χ1n) is 6.27. The molecule has 0 aliphatic heterocycles. The molecule has 98 valence electrons. The van der Waals surface area contributed by atoms with Crippen molar-refractivity contribution in [2.75, 3.05) is 11.1 Å². The highest BCUT2D eigenvalue weighted by Crippen LogP contribution is 2.19. The van der Waals surface area contributed by atoms with Crippen LogP contribution in [0, 0.1) is 13.8 Å². The maximum absolute atomic E-state index is 12.0. The third-order valence-electron chi connectivity index (χ3n) is 3.09. The molecule has 0 saturated carbocycles. The summed E-state index contributed by atoms with van der Waals surface area (Å²) < 4.78 is 0. The second-order valence-corrected chi connectivity index (χ2v) is 4.74. The van der Waals surface area contributed by atoms with E-state index in [2.05, 4.69) is 5.32 Å². The highest BCUT2D eigenvalue weighted by Gasteiger charge is 2.07. The Balaban J connectivity index is 2.08. The van der Waals surface area contributed by atoms with E-state index in [0.717, 1.165) is 16.7 Å². The molecule has 0 fully saturated rings. The number of hydrogen-bond acceptors (Lipinski definition) is 2. The number of nitrogens with one attached hydrogen (secondary N) is 1. The number of aryl methyl sites for hydroxylation is 2. The molecule has 0 saturated heterocycles. The van der Waals surface area contributed by atoms with Crippen LogP contribution in [0.25, 0.3) is 0 Å². The van der Waals surface area contributed by atoms with Crippen LogP contribution >= 0.6 is 0 Å². The molecule has 0 heterocycles. The Kier molecular flexibility index (Phi) is 3.85. The van der Waals surface area contributed by atoms with Gasteiger partial charge in [-0.2, -0.15) is 0 Å². The van der Waals surface area contributed by atoms with Crippen LogP contribution in [0.4, 0.5) is 11.4 Å². The van der Waals surface area contributed by atoms with E-state index in [1.165, 1.54) is 0 Å². The predicted molar refractivity (Wildman–Crippen MR) is 79.1 cm³/mol. The van der Waals surface area contributed by atoms with Gasteiger partial charge in [0, 0.05) is 0 Å². The van der Waals surface area contributed by atoms with Gasteiger partial charge in [-0.1, -0.05) is 30.3 Å². The van der Waals surface area contributed by atoms with Crippen LogP contribution < -0.4 is 11.1 Å². The number of anilines is 2. The summed E-state index contributed by atoms with van der Waals surface area (Å²) in [6.07, 6.45) is 0.361. The van der Waals surface area contributed by atoms with E-state index in [9.17, 15) is 4.79 Å². The van der Waals surface area contributed by atoms with Crippen molar-refractivity contribution in [2.24, 2.45) is 0 Å². The molecule has 3 nitrogen and oxygen atoms in total. The molecule has 0 aliphatic carbocycles. The number of rotatable bonds is 3. The van der Waals surface area contributed by atoms with Crippen molar-refractivity contribution in [3.8, 4) is 0 Å². The minimum atomic E-state index is -0.0511. The molecule has 0 spiro atoms. The summed E-state index contributed by atoms with van der Waals surface area (Å²) in [5.41, 5.74) is 10.4. The van der Waals surface area contributed by atoms with Crippen molar-refractivity contribution in [1.82, 2.24) is 0 Å². The van der Waals surface area contributed by atoms with Gasteiger partial charge in [0.15, 0.2) is 0 Å². The Bertz CT molecular complexity index is 605. The fourth-order valence-electron chi connectivity index (χ4n) is 1.97. The Morgan fingerprint density at radius 1 is 1.16 bits per heavy atom. The van der Waals surface area contributed by atoms with Crippen LogP contribution in [0.2, 0.25) is 0 Å². The monoisotopic (exact) mass is 254 g/mol. The molecule has 0 bridgehead atoms. The molecule has 3 N–H and O–H groups in total. The molecular weight excluding hydrogens is 236 g/mol. The van der Waals surface area contributed by atoms with E-state index in [1.54, 1.807) is 0 Å². The van der Waals surface area contributed by atoms with Crippen molar-refractivity contribution >= 4 is 17.3 Å². The number of amides is 1. The molecule has 2 aromatic carbocycles. The van der Waals surface area contributed by atoms with Crippen molar-refractivity contribution in [3.63, 3.8) is 0 Å². The molecule has 3 heteroatoms. The molecule has 0 aromatic heterocycles. The summed E-state index contributed by atoms with van der Waals surface area (Å²) in [6, 6.07) is 13.5. The zero-order valence-electron chi connectivity index (χ0n) is 11.2. The molecule has 1 amide bonds. The lowest BCUT2D eigenvalue weighted by atomic mass is 10.1. The summed E-state index contributed by atoms with van der Waals surface area (Å²) in [7, 11) is 0. The summed E-state index contributed by atoms with van der Waals surface area (Å²) >= 11 is 0. The van der Waals surface area contributed by atoms with Crippen molar-refractivity contribution in [2.45, 2.75) is 20.3 Å². The number of benzene rings is 2. The van der Waals surface area contributed by atoms with Crippen LogP contribution in [-0.2, 0) is 11.2 Å². The molecule has 0 unspecified atom stereocenters.